The third kappa shape index (κ3) is 2.10. The van der Waals surface area contributed by atoms with Crippen LogP contribution in [-0.4, -0.2) is 17.5 Å². The topological polar surface area (TPSA) is 70.6 Å². The van der Waals surface area contributed by atoms with Crippen LogP contribution in [0.5, 0.6) is 0 Å². The van der Waals surface area contributed by atoms with Crippen LogP contribution in [0.25, 0.3) is 0 Å². The van der Waals surface area contributed by atoms with E-state index in [0.717, 1.165) is 36.2 Å². The van der Waals surface area contributed by atoms with E-state index in [-0.39, 0.29) is 35.5 Å². The molecule has 0 saturated heterocycles. The third-order valence-corrected chi connectivity index (χ3v) is 5.72. The number of fused-ring (bicyclic) bond motifs is 2. The number of amides is 2. The second kappa shape index (κ2) is 5.18. The molecule has 1 aromatic rings. The summed E-state index contributed by atoms with van der Waals surface area (Å²) in [6.07, 6.45) is 2.81. The highest BCUT2D eigenvalue weighted by molar-refractivity contribution is 6.08. The minimum atomic E-state index is 0.0159. The predicted octanol–water partition coefficient (Wildman–Crippen LogP) is 2.63. The maximum atomic E-state index is 12.1. The Bertz CT molecular complexity index is 725. The third-order valence-electron chi connectivity index (χ3n) is 5.72. The molecule has 120 valence electrons. The van der Waals surface area contributed by atoms with Crippen LogP contribution in [0.3, 0.4) is 0 Å². The molecular weight excluding hydrogens is 290 g/mol. The van der Waals surface area contributed by atoms with Crippen LogP contribution in [0.15, 0.2) is 23.3 Å². The number of nitrogens with one attached hydrogen (secondary N) is 2. The standard InChI is InChI=1S/C18H21N3O2/c1-3-11-9(2)14-8-10(4-7-15(14)19-17(11)22)16-12-5-6-13(12)18(23)21-20-16/h4,7-9,11-13H,3,5-6H2,1-2H3,(H,19,22)(H,21,23). The summed E-state index contributed by atoms with van der Waals surface area (Å²) in [6, 6.07) is 6.12. The summed E-state index contributed by atoms with van der Waals surface area (Å²) < 4.78 is 0. The fourth-order valence-corrected chi connectivity index (χ4v) is 4.12. The second-order valence-electron chi connectivity index (χ2n) is 6.86. The normalized spacial score (nSPS) is 32.0. The summed E-state index contributed by atoms with van der Waals surface area (Å²) in [6.45, 7) is 4.17. The highest BCUT2D eigenvalue weighted by Gasteiger charge is 2.43. The summed E-state index contributed by atoms with van der Waals surface area (Å²) >= 11 is 0. The molecule has 0 spiro atoms. The van der Waals surface area contributed by atoms with E-state index in [4.69, 9.17) is 0 Å². The van der Waals surface area contributed by atoms with Crippen molar-refractivity contribution in [1.29, 1.82) is 0 Å². The van der Waals surface area contributed by atoms with Crippen LogP contribution in [0.1, 0.15) is 50.2 Å². The zero-order valence-corrected chi connectivity index (χ0v) is 13.4. The minimum absolute atomic E-state index is 0.0159. The summed E-state index contributed by atoms with van der Waals surface area (Å²) in [4.78, 5) is 23.9. The number of hydrogen-bond acceptors (Lipinski definition) is 3. The summed E-state index contributed by atoms with van der Waals surface area (Å²) in [5, 5.41) is 7.34. The molecule has 5 nitrogen and oxygen atoms in total. The molecule has 1 aliphatic carbocycles. The van der Waals surface area contributed by atoms with Crippen molar-refractivity contribution in [1.82, 2.24) is 5.43 Å². The maximum absolute atomic E-state index is 12.1. The van der Waals surface area contributed by atoms with Gasteiger partial charge in [-0.2, -0.15) is 5.10 Å². The Kier molecular flexibility index (Phi) is 3.25. The zero-order chi connectivity index (χ0) is 16.1. The average molecular weight is 311 g/mol. The van der Waals surface area contributed by atoms with Crippen LogP contribution in [-0.2, 0) is 9.59 Å². The van der Waals surface area contributed by atoms with Gasteiger partial charge in [0, 0.05) is 23.4 Å². The van der Waals surface area contributed by atoms with Crippen molar-refractivity contribution in [2.75, 3.05) is 5.32 Å². The number of carbonyl (C=O) groups excluding carboxylic acids is 2. The van der Waals surface area contributed by atoms with Gasteiger partial charge in [0.25, 0.3) is 0 Å². The van der Waals surface area contributed by atoms with Gasteiger partial charge in [-0.3, -0.25) is 9.59 Å². The van der Waals surface area contributed by atoms with E-state index in [1.54, 1.807) is 0 Å². The van der Waals surface area contributed by atoms with Crippen molar-refractivity contribution in [3.05, 3.63) is 29.3 Å². The zero-order valence-electron chi connectivity index (χ0n) is 13.4. The van der Waals surface area contributed by atoms with E-state index >= 15 is 0 Å². The quantitative estimate of drug-likeness (QED) is 0.881. The smallest absolute Gasteiger partial charge is 0.243 e. The fraction of sp³-hybridized carbons (Fsp3) is 0.500. The highest BCUT2D eigenvalue weighted by atomic mass is 16.2. The Balaban J connectivity index is 1.72. The van der Waals surface area contributed by atoms with Gasteiger partial charge >= 0.3 is 0 Å². The first-order chi connectivity index (χ1) is 11.1. The van der Waals surface area contributed by atoms with E-state index in [1.165, 1.54) is 5.56 Å². The van der Waals surface area contributed by atoms with Gasteiger partial charge in [0.05, 0.1) is 5.71 Å². The molecule has 2 N–H and O–H groups in total. The summed E-state index contributed by atoms with van der Waals surface area (Å²) in [5.74, 6) is 0.703. The van der Waals surface area contributed by atoms with Crippen molar-refractivity contribution in [2.45, 2.75) is 39.0 Å². The SMILES string of the molecule is CCC1C(=O)Nc2ccc(C3=NNC(=O)C4CCC34)cc2C1C. The molecule has 2 amide bonds. The Hall–Kier alpha value is -2.17. The number of anilines is 1. The van der Waals surface area contributed by atoms with Crippen molar-refractivity contribution in [3.8, 4) is 0 Å². The Labute approximate surface area is 135 Å². The van der Waals surface area contributed by atoms with Gasteiger partial charge in [-0.15, -0.1) is 0 Å². The lowest BCUT2D eigenvalue weighted by molar-refractivity contribution is -0.129. The fourth-order valence-electron chi connectivity index (χ4n) is 4.12. The molecule has 1 aromatic carbocycles. The average Bonchev–Trinajstić information content (AvgIpc) is 2.49. The monoisotopic (exact) mass is 311 g/mol. The van der Waals surface area contributed by atoms with Gasteiger partial charge in [-0.05, 0) is 48.4 Å². The molecule has 23 heavy (non-hydrogen) atoms. The van der Waals surface area contributed by atoms with E-state index in [9.17, 15) is 9.59 Å². The van der Waals surface area contributed by atoms with Gasteiger partial charge in [0.2, 0.25) is 11.8 Å². The van der Waals surface area contributed by atoms with Crippen molar-refractivity contribution < 1.29 is 9.59 Å². The molecule has 5 heteroatoms. The van der Waals surface area contributed by atoms with Crippen molar-refractivity contribution in [3.63, 3.8) is 0 Å². The molecule has 3 aliphatic rings. The molecular formula is C18H21N3O2. The minimum Gasteiger partial charge on any atom is -0.326 e. The van der Waals surface area contributed by atoms with Crippen LogP contribution in [0.2, 0.25) is 0 Å². The Morgan fingerprint density at radius 1 is 1.17 bits per heavy atom. The van der Waals surface area contributed by atoms with Crippen LogP contribution < -0.4 is 10.7 Å². The predicted molar refractivity (Wildman–Crippen MR) is 88.2 cm³/mol. The molecule has 4 unspecified atom stereocenters. The summed E-state index contributed by atoms with van der Waals surface area (Å²) in [7, 11) is 0. The number of rotatable bonds is 2. The van der Waals surface area contributed by atoms with Crippen LogP contribution in [0.4, 0.5) is 5.69 Å². The molecule has 2 heterocycles. The summed E-state index contributed by atoms with van der Waals surface area (Å²) in [5.41, 5.74) is 6.79. The van der Waals surface area contributed by atoms with Crippen LogP contribution in [0, 0.1) is 17.8 Å². The Morgan fingerprint density at radius 2 is 1.96 bits per heavy atom. The van der Waals surface area contributed by atoms with Gasteiger partial charge in [0.15, 0.2) is 0 Å². The molecule has 2 aliphatic heterocycles. The number of carbonyl (C=O) groups is 2. The van der Waals surface area contributed by atoms with Gasteiger partial charge in [0.1, 0.15) is 0 Å². The maximum Gasteiger partial charge on any atom is 0.243 e. The van der Waals surface area contributed by atoms with E-state index in [0.29, 0.717) is 0 Å². The van der Waals surface area contributed by atoms with Gasteiger partial charge < -0.3 is 5.32 Å². The van der Waals surface area contributed by atoms with E-state index < -0.39 is 0 Å². The molecule has 0 bridgehead atoms. The number of hydrogen-bond donors (Lipinski definition) is 2. The Morgan fingerprint density at radius 3 is 2.65 bits per heavy atom. The molecule has 1 fully saturated rings. The second-order valence-corrected chi connectivity index (χ2v) is 6.86. The van der Waals surface area contributed by atoms with Gasteiger partial charge in [-0.1, -0.05) is 19.9 Å². The first kappa shape index (κ1) is 14.4. The molecule has 0 radical (unpaired) electrons. The van der Waals surface area contributed by atoms with Crippen molar-refractivity contribution >= 4 is 23.2 Å². The molecule has 0 aromatic heterocycles. The number of benzene rings is 1. The number of nitrogens with zero attached hydrogens (tertiary/aromatic N) is 1. The molecule has 1 saturated carbocycles. The van der Waals surface area contributed by atoms with Crippen molar-refractivity contribution in [2.24, 2.45) is 22.9 Å². The first-order valence-corrected chi connectivity index (χ1v) is 8.42. The lowest BCUT2D eigenvalue weighted by Crippen LogP contribution is -2.48. The van der Waals surface area contributed by atoms with Crippen LogP contribution >= 0.6 is 0 Å². The lowest BCUT2D eigenvalue weighted by atomic mass is 9.68. The van der Waals surface area contributed by atoms with E-state index in [2.05, 4.69) is 35.8 Å². The highest BCUT2D eigenvalue weighted by Crippen LogP contribution is 2.41. The lowest BCUT2D eigenvalue weighted by Gasteiger charge is -2.39. The van der Waals surface area contributed by atoms with Gasteiger partial charge in [-0.25, -0.2) is 5.43 Å². The largest absolute Gasteiger partial charge is 0.326 e. The first-order valence-electron chi connectivity index (χ1n) is 8.42. The molecule has 4 atom stereocenters. The van der Waals surface area contributed by atoms with E-state index in [1.807, 2.05) is 12.1 Å². The number of hydrazone groups is 1. The molecule has 4 rings (SSSR count).